The Morgan fingerprint density at radius 2 is 2.25 bits per heavy atom. The van der Waals surface area contributed by atoms with Crippen molar-refractivity contribution in [2.24, 2.45) is 0 Å². The predicted octanol–water partition coefficient (Wildman–Crippen LogP) is 0.564. The number of thioether (sulfide) groups is 1. The fraction of sp³-hybridized carbons (Fsp3) is 0.875. The van der Waals surface area contributed by atoms with Crippen LogP contribution in [0, 0.1) is 0 Å². The molecule has 1 atom stereocenters. The molecule has 70 valence electrons. The highest BCUT2D eigenvalue weighted by Crippen LogP contribution is 2.12. The van der Waals surface area contributed by atoms with E-state index in [4.69, 9.17) is 0 Å². The van der Waals surface area contributed by atoms with Crippen LogP contribution in [0.15, 0.2) is 0 Å². The van der Waals surface area contributed by atoms with Crippen LogP contribution in [0.5, 0.6) is 0 Å². The van der Waals surface area contributed by atoms with Gasteiger partial charge in [0.2, 0.25) is 5.91 Å². The zero-order chi connectivity index (χ0) is 9.19. The maximum absolute atomic E-state index is 11.3. The second kappa shape index (κ2) is 3.66. The summed E-state index contributed by atoms with van der Waals surface area (Å²) in [5.41, 5.74) is -0.222. The summed E-state index contributed by atoms with van der Waals surface area (Å²) in [6.07, 6.45) is 2.97. The molecule has 0 saturated carbocycles. The van der Waals surface area contributed by atoms with E-state index in [1.807, 2.05) is 13.8 Å². The van der Waals surface area contributed by atoms with Crippen molar-refractivity contribution in [3.8, 4) is 0 Å². The lowest BCUT2D eigenvalue weighted by Crippen LogP contribution is -2.44. The van der Waals surface area contributed by atoms with Crippen molar-refractivity contribution in [3.63, 3.8) is 0 Å². The van der Waals surface area contributed by atoms with E-state index in [1.54, 1.807) is 11.8 Å². The van der Waals surface area contributed by atoms with Crippen LogP contribution in [0.1, 0.15) is 20.3 Å². The van der Waals surface area contributed by atoms with Crippen molar-refractivity contribution in [2.75, 3.05) is 12.0 Å². The van der Waals surface area contributed by atoms with Gasteiger partial charge in [0.25, 0.3) is 0 Å². The molecule has 1 amide bonds. The Bertz CT molecular complexity index is 182. The van der Waals surface area contributed by atoms with Crippen LogP contribution in [0.4, 0.5) is 0 Å². The molecule has 1 saturated heterocycles. The van der Waals surface area contributed by atoms with E-state index in [0.717, 1.165) is 12.2 Å². The largest absolute Gasteiger partial charge is 0.337 e. The third kappa shape index (κ3) is 2.38. The Morgan fingerprint density at radius 1 is 1.58 bits per heavy atom. The molecule has 0 aromatic rings. The smallest absolute Gasteiger partial charge is 0.238 e. The Labute approximate surface area is 77.7 Å². The molecular formula is C8H16N2OS. The van der Waals surface area contributed by atoms with E-state index in [0.29, 0.717) is 0 Å². The number of rotatable bonds is 3. The van der Waals surface area contributed by atoms with E-state index < -0.39 is 0 Å². The molecule has 1 unspecified atom stereocenters. The van der Waals surface area contributed by atoms with Gasteiger partial charge in [-0.05, 0) is 32.3 Å². The van der Waals surface area contributed by atoms with Crippen LogP contribution in [0.2, 0.25) is 0 Å². The SMILES string of the molecule is CSCCC1NC(C)(C)NC1=O. The maximum atomic E-state index is 11.3. The quantitative estimate of drug-likeness (QED) is 0.680. The topological polar surface area (TPSA) is 41.1 Å². The van der Waals surface area contributed by atoms with Crippen LogP contribution >= 0.6 is 11.8 Å². The van der Waals surface area contributed by atoms with Gasteiger partial charge in [0.15, 0.2) is 0 Å². The minimum Gasteiger partial charge on any atom is -0.337 e. The molecule has 0 aromatic carbocycles. The number of nitrogens with one attached hydrogen (secondary N) is 2. The molecular weight excluding hydrogens is 172 g/mol. The Hall–Kier alpha value is -0.220. The van der Waals surface area contributed by atoms with Crippen LogP contribution in [0.25, 0.3) is 0 Å². The molecule has 0 bridgehead atoms. The third-order valence-electron chi connectivity index (χ3n) is 1.90. The predicted molar refractivity (Wildman–Crippen MR) is 52.1 cm³/mol. The molecule has 4 heteroatoms. The Morgan fingerprint density at radius 3 is 2.67 bits per heavy atom. The van der Waals surface area contributed by atoms with Gasteiger partial charge in [0.1, 0.15) is 0 Å². The van der Waals surface area contributed by atoms with Crippen LogP contribution in [-0.4, -0.2) is 29.6 Å². The van der Waals surface area contributed by atoms with Crippen molar-refractivity contribution in [2.45, 2.75) is 32.0 Å². The molecule has 1 aliphatic rings. The first-order valence-electron chi connectivity index (χ1n) is 4.14. The molecule has 1 rings (SSSR count). The summed E-state index contributed by atoms with van der Waals surface area (Å²) >= 11 is 1.77. The van der Waals surface area contributed by atoms with Gasteiger partial charge in [-0.3, -0.25) is 10.1 Å². The van der Waals surface area contributed by atoms with Gasteiger partial charge in [-0.2, -0.15) is 11.8 Å². The van der Waals surface area contributed by atoms with Crippen molar-refractivity contribution in [1.82, 2.24) is 10.6 Å². The lowest BCUT2D eigenvalue weighted by Gasteiger charge is -2.18. The Kier molecular flexibility index (Phi) is 3.01. The van der Waals surface area contributed by atoms with E-state index in [1.165, 1.54) is 0 Å². The third-order valence-corrected chi connectivity index (χ3v) is 2.54. The lowest BCUT2D eigenvalue weighted by molar-refractivity contribution is -0.120. The van der Waals surface area contributed by atoms with Crippen molar-refractivity contribution in [3.05, 3.63) is 0 Å². The van der Waals surface area contributed by atoms with E-state index in [-0.39, 0.29) is 17.6 Å². The molecule has 3 nitrogen and oxygen atoms in total. The Balaban J connectivity index is 2.42. The minimum absolute atomic E-state index is 0.00690. The number of amides is 1. The standard InChI is InChI=1S/C8H16N2OS/c1-8(2)9-6(4-5-12-3)7(11)10-8/h6,9H,4-5H2,1-3H3,(H,10,11). The molecule has 1 fully saturated rings. The summed E-state index contributed by atoms with van der Waals surface area (Å²) in [4.78, 5) is 11.3. The van der Waals surface area contributed by atoms with Gasteiger partial charge < -0.3 is 5.32 Å². The fourth-order valence-electron chi connectivity index (χ4n) is 1.37. The van der Waals surface area contributed by atoms with Crippen LogP contribution in [-0.2, 0) is 4.79 Å². The van der Waals surface area contributed by atoms with Gasteiger partial charge in [-0.1, -0.05) is 0 Å². The molecule has 0 spiro atoms. The summed E-state index contributed by atoms with van der Waals surface area (Å²) in [5, 5.41) is 6.13. The summed E-state index contributed by atoms with van der Waals surface area (Å²) in [6.45, 7) is 3.95. The summed E-state index contributed by atoms with van der Waals surface area (Å²) in [5.74, 6) is 1.16. The van der Waals surface area contributed by atoms with Crippen molar-refractivity contribution < 1.29 is 4.79 Å². The van der Waals surface area contributed by atoms with E-state index >= 15 is 0 Å². The molecule has 2 N–H and O–H groups in total. The van der Waals surface area contributed by atoms with Crippen molar-refractivity contribution in [1.29, 1.82) is 0 Å². The van der Waals surface area contributed by atoms with Crippen LogP contribution in [0.3, 0.4) is 0 Å². The molecule has 0 radical (unpaired) electrons. The molecule has 1 aliphatic heterocycles. The van der Waals surface area contributed by atoms with Gasteiger partial charge in [0, 0.05) is 0 Å². The number of carbonyl (C=O) groups is 1. The summed E-state index contributed by atoms with van der Waals surface area (Å²) < 4.78 is 0. The van der Waals surface area contributed by atoms with Gasteiger partial charge in [-0.25, -0.2) is 0 Å². The fourth-order valence-corrected chi connectivity index (χ4v) is 1.84. The minimum atomic E-state index is -0.222. The van der Waals surface area contributed by atoms with Gasteiger partial charge in [-0.15, -0.1) is 0 Å². The highest BCUT2D eigenvalue weighted by molar-refractivity contribution is 7.98. The number of hydrogen-bond acceptors (Lipinski definition) is 3. The summed E-state index contributed by atoms with van der Waals surface area (Å²) in [6, 6.07) is 0.00690. The second-order valence-electron chi connectivity index (χ2n) is 3.59. The normalized spacial score (nSPS) is 27.2. The number of hydrogen-bond donors (Lipinski definition) is 2. The zero-order valence-electron chi connectivity index (χ0n) is 7.81. The monoisotopic (exact) mass is 188 g/mol. The van der Waals surface area contributed by atoms with E-state index in [9.17, 15) is 4.79 Å². The van der Waals surface area contributed by atoms with E-state index in [2.05, 4.69) is 16.9 Å². The lowest BCUT2D eigenvalue weighted by atomic mass is 10.2. The molecule has 0 aliphatic carbocycles. The van der Waals surface area contributed by atoms with Crippen molar-refractivity contribution >= 4 is 17.7 Å². The molecule has 0 aromatic heterocycles. The molecule has 1 heterocycles. The van der Waals surface area contributed by atoms with Gasteiger partial charge >= 0.3 is 0 Å². The maximum Gasteiger partial charge on any atom is 0.238 e. The zero-order valence-corrected chi connectivity index (χ0v) is 8.62. The first-order valence-corrected chi connectivity index (χ1v) is 5.53. The average molecular weight is 188 g/mol. The highest BCUT2D eigenvalue weighted by atomic mass is 32.2. The molecule has 12 heavy (non-hydrogen) atoms. The average Bonchev–Trinajstić information content (AvgIpc) is 2.20. The van der Waals surface area contributed by atoms with Gasteiger partial charge in [0.05, 0.1) is 11.7 Å². The second-order valence-corrected chi connectivity index (χ2v) is 4.58. The first-order chi connectivity index (χ1) is 5.55. The number of carbonyl (C=O) groups excluding carboxylic acids is 1. The van der Waals surface area contributed by atoms with Crippen LogP contribution < -0.4 is 10.6 Å². The first kappa shape index (κ1) is 9.86. The summed E-state index contributed by atoms with van der Waals surface area (Å²) in [7, 11) is 0. The highest BCUT2D eigenvalue weighted by Gasteiger charge is 2.35.